The van der Waals surface area contributed by atoms with Gasteiger partial charge in [0, 0.05) is 6.54 Å². The van der Waals surface area contributed by atoms with Crippen molar-refractivity contribution in [1.82, 2.24) is 19.5 Å². The van der Waals surface area contributed by atoms with E-state index in [1.165, 1.54) is 32.0 Å². The molecule has 1 unspecified atom stereocenters. The van der Waals surface area contributed by atoms with E-state index in [4.69, 9.17) is 16.3 Å². The number of aromatic nitrogens is 4. The molecule has 0 aromatic carbocycles. The Morgan fingerprint density at radius 2 is 2.15 bits per heavy atom. The standard InChI is InChI=1S/C14H19ClN4O/c1-9(15)12-18-11-13(16-8-17-14(11)20-2)19(12)7-10-5-3-4-6-10/h8-10H,3-7H2,1-2H3. The van der Waals surface area contributed by atoms with Crippen LogP contribution in [-0.4, -0.2) is 26.6 Å². The fourth-order valence-electron chi connectivity index (χ4n) is 3.02. The lowest BCUT2D eigenvalue weighted by Gasteiger charge is -2.14. The Labute approximate surface area is 123 Å². The van der Waals surface area contributed by atoms with E-state index in [0.717, 1.165) is 18.0 Å². The third kappa shape index (κ3) is 2.35. The highest BCUT2D eigenvalue weighted by Gasteiger charge is 2.23. The van der Waals surface area contributed by atoms with Crippen LogP contribution in [0.2, 0.25) is 0 Å². The lowest BCUT2D eigenvalue weighted by atomic mass is 10.1. The van der Waals surface area contributed by atoms with Crippen LogP contribution in [0.5, 0.6) is 5.88 Å². The number of halogens is 1. The zero-order valence-electron chi connectivity index (χ0n) is 11.8. The lowest BCUT2D eigenvalue weighted by molar-refractivity contribution is 0.401. The minimum atomic E-state index is -0.157. The summed E-state index contributed by atoms with van der Waals surface area (Å²) in [6.45, 7) is 2.87. The molecule has 108 valence electrons. The highest BCUT2D eigenvalue weighted by Crippen LogP contribution is 2.32. The predicted molar refractivity (Wildman–Crippen MR) is 78.1 cm³/mol. The van der Waals surface area contributed by atoms with Gasteiger partial charge in [-0.1, -0.05) is 12.8 Å². The molecular weight excluding hydrogens is 276 g/mol. The molecule has 20 heavy (non-hydrogen) atoms. The minimum Gasteiger partial charge on any atom is -0.479 e. The number of hydrogen-bond donors (Lipinski definition) is 0. The number of fused-ring (bicyclic) bond motifs is 1. The van der Waals surface area contributed by atoms with Gasteiger partial charge in [-0.3, -0.25) is 0 Å². The van der Waals surface area contributed by atoms with Crippen LogP contribution >= 0.6 is 11.6 Å². The summed E-state index contributed by atoms with van der Waals surface area (Å²) in [6, 6.07) is 0. The molecule has 0 radical (unpaired) electrons. The second kappa shape index (κ2) is 5.56. The van der Waals surface area contributed by atoms with Crippen molar-refractivity contribution >= 4 is 22.8 Å². The molecule has 3 rings (SSSR count). The van der Waals surface area contributed by atoms with Crippen molar-refractivity contribution in [3.63, 3.8) is 0 Å². The molecule has 1 fully saturated rings. The summed E-state index contributed by atoms with van der Waals surface area (Å²) in [4.78, 5) is 13.1. The highest BCUT2D eigenvalue weighted by atomic mass is 35.5. The van der Waals surface area contributed by atoms with Crippen molar-refractivity contribution in [2.24, 2.45) is 5.92 Å². The van der Waals surface area contributed by atoms with Crippen LogP contribution < -0.4 is 4.74 Å². The van der Waals surface area contributed by atoms with Gasteiger partial charge < -0.3 is 9.30 Å². The summed E-state index contributed by atoms with van der Waals surface area (Å²) in [5, 5.41) is -0.157. The Hall–Kier alpha value is -1.36. The number of ether oxygens (including phenoxy) is 1. The molecule has 1 aliphatic carbocycles. The van der Waals surface area contributed by atoms with Crippen LogP contribution in [0.3, 0.4) is 0 Å². The summed E-state index contributed by atoms with van der Waals surface area (Å²) in [7, 11) is 1.60. The van der Waals surface area contributed by atoms with E-state index < -0.39 is 0 Å². The third-order valence-corrected chi connectivity index (χ3v) is 4.19. The molecule has 1 atom stereocenters. The van der Waals surface area contributed by atoms with Gasteiger partial charge in [-0.15, -0.1) is 11.6 Å². The fraction of sp³-hybridized carbons (Fsp3) is 0.643. The molecule has 0 spiro atoms. The summed E-state index contributed by atoms with van der Waals surface area (Å²) in [5.74, 6) is 2.06. The van der Waals surface area contributed by atoms with E-state index in [9.17, 15) is 0 Å². The number of hydrogen-bond acceptors (Lipinski definition) is 4. The maximum absolute atomic E-state index is 6.29. The van der Waals surface area contributed by atoms with Crippen LogP contribution in [0, 0.1) is 5.92 Å². The number of methoxy groups -OCH3 is 1. The summed E-state index contributed by atoms with van der Waals surface area (Å²) >= 11 is 6.29. The van der Waals surface area contributed by atoms with E-state index in [2.05, 4.69) is 19.5 Å². The predicted octanol–water partition coefficient (Wildman–Crippen LogP) is 3.32. The van der Waals surface area contributed by atoms with Crippen LogP contribution in [0.25, 0.3) is 11.2 Å². The molecule has 1 saturated carbocycles. The van der Waals surface area contributed by atoms with Crippen LogP contribution in [0.15, 0.2) is 6.33 Å². The first-order chi connectivity index (χ1) is 9.70. The van der Waals surface area contributed by atoms with Crippen molar-refractivity contribution in [1.29, 1.82) is 0 Å². The molecule has 2 aromatic rings. The second-order valence-corrected chi connectivity index (χ2v) is 6.06. The topological polar surface area (TPSA) is 52.8 Å². The first-order valence-corrected chi connectivity index (χ1v) is 7.53. The first-order valence-electron chi connectivity index (χ1n) is 7.10. The van der Waals surface area contributed by atoms with Gasteiger partial charge in [-0.05, 0) is 25.7 Å². The van der Waals surface area contributed by atoms with Crippen molar-refractivity contribution < 1.29 is 4.74 Å². The zero-order chi connectivity index (χ0) is 14.1. The summed E-state index contributed by atoms with van der Waals surface area (Å²) < 4.78 is 7.42. The summed E-state index contributed by atoms with van der Waals surface area (Å²) in [5.41, 5.74) is 1.53. The summed E-state index contributed by atoms with van der Waals surface area (Å²) in [6.07, 6.45) is 6.72. The van der Waals surface area contributed by atoms with Gasteiger partial charge in [0.2, 0.25) is 5.88 Å². The Kier molecular flexibility index (Phi) is 3.78. The molecule has 1 aliphatic rings. The fourth-order valence-corrected chi connectivity index (χ4v) is 3.18. The van der Waals surface area contributed by atoms with E-state index in [0.29, 0.717) is 17.3 Å². The SMILES string of the molecule is COc1ncnc2c1nc(C(C)Cl)n2CC1CCCC1. The number of nitrogens with zero attached hydrogens (tertiary/aromatic N) is 4. The average Bonchev–Trinajstić information content (AvgIpc) is 3.07. The van der Waals surface area contributed by atoms with Crippen molar-refractivity contribution in [2.75, 3.05) is 7.11 Å². The number of alkyl halides is 1. The zero-order valence-corrected chi connectivity index (χ0v) is 12.6. The quantitative estimate of drug-likeness (QED) is 0.812. The van der Waals surface area contributed by atoms with Gasteiger partial charge in [-0.2, -0.15) is 4.98 Å². The number of rotatable bonds is 4. The van der Waals surface area contributed by atoms with Crippen LogP contribution in [0.4, 0.5) is 0 Å². The van der Waals surface area contributed by atoms with Gasteiger partial charge in [0.15, 0.2) is 11.2 Å². The molecule has 0 amide bonds. The Morgan fingerprint density at radius 3 is 2.80 bits per heavy atom. The van der Waals surface area contributed by atoms with E-state index in [1.807, 2.05) is 6.92 Å². The monoisotopic (exact) mass is 294 g/mol. The molecule has 2 aromatic heterocycles. The Bertz CT molecular complexity index is 604. The third-order valence-electron chi connectivity index (χ3n) is 3.99. The van der Waals surface area contributed by atoms with Crippen molar-refractivity contribution in [3.05, 3.63) is 12.2 Å². The van der Waals surface area contributed by atoms with Gasteiger partial charge >= 0.3 is 0 Å². The Morgan fingerprint density at radius 1 is 1.40 bits per heavy atom. The highest BCUT2D eigenvalue weighted by molar-refractivity contribution is 6.20. The molecular formula is C14H19ClN4O. The Balaban J connectivity index is 2.08. The number of imidazole rings is 1. The molecule has 0 aliphatic heterocycles. The van der Waals surface area contributed by atoms with Crippen molar-refractivity contribution in [3.8, 4) is 5.88 Å². The van der Waals surface area contributed by atoms with E-state index >= 15 is 0 Å². The first kappa shape index (κ1) is 13.6. The minimum absolute atomic E-state index is 0.157. The smallest absolute Gasteiger partial charge is 0.245 e. The van der Waals surface area contributed by atoms with Crippen LogP contribution in [0.1, 0.15) is 43.8 Å². The molecule has 5 nitrogen and oxygen atoms in total. The second-order valence-electron chi connectivity index (χ2n) is 5.40. The van der Waals surface area contributed by atoms with Gasteiger partial charge in [0.1, 0.15) is 12.2 Å². The lowest BCUT2D eigenvalue weighted by Crippen LogP contribution is -2.11. The normalized spacial score (nSPS) is 17.8. The van der Waals surface area contributed by atoms with E-state index in [1.54, 1.807) is 7.11 Å². The maximum Gasteiger partial charge on any atom is 0.245 e. The molecule has 2 heterocycles. The van der Waals surface area contributed by atoms with E-state index in [-0.39, 0.29) is 5.38 Å². The molecule has 0 bridgehead atoms. The maximum atomic E-state index is 6.29. The molecule has 0 N–H and O–H groups in total. The average molecular weight is 295 g/mol. The van der Waals surface area contributed by atoms with Crippen molar-refractivity contribution in [2.45, 2.75) is 44.5 Å². The molecule has 6 heteroatoms. The largest absolute Gasteiger partial charge is 0.479 e. The van der Waals surface area contributed by atoms with Gasteiger partial charge in [0.25, 0.3) is 0 Å². The molecule has 0 saturated heterocycles. The van der Waals surface area contributed by atoms with Gasteiger partial charge in [-0.25, -0.2) is 9.97 Å². The van der Waals surface area contributed by atoms with Crippen LogP contribution in [-0.2, 0) is 6.54 Å². The van der Waals surface area contributed by atoms with Gasteiger partial charge in [0.05, 0.1) is 12.5 Å².